The summed E-state index contributed by atoms with van der Waals surface area (Å²) in [5.41, 5.74) is 0. The second-order valence-corrected chi connectivity index (χ2v) is 12.7. The number of hydrogen-bond donors (Lipinski definition) is 0. The molecule has 0 fully saturated rings. The average Bonchev–Trinajstić information content (AvgIpc) is 3.02. The highest BCUT2D eigenvalue weighted by Crippen LogP contribution is 2.20. The van der Waals surface area contributed by atoms with Crippen molar-refractivity contribution in [2.24, 2.45) is 0 Å². The molecule has 0 rings (SSSR count). The molecule has 3 nitrogen and oxygen atoms in total. The Balaban J connectivity index is -0.000000926. The van der Waals surface area contributed by atoms with Crippen LogP contribution in [0.5, 0.6) is 0 Å². The van der Waals surface area contributed by atoms with Crippen LogP contribution in [0.4, 0.5) is 0 Å². The lowest BCUT2D eigenvalue weighted by Crippen LogP contribution is -2.59. The molecule has 41 heavy (non-hydrogen) atoms. The first kappa shape index (κ1) is 45.1. The van der Waals surface area contributed by atoms with E-state index in [2.05, 4.69) is 80.4 Å². The highest BCUT2D eigenvalue weighted by Gasteiger charge is 2.33. The summed E-state index contributed by atoms with van der Waals surface area (Å²) in [5, 5.41) is 0. The van der Waals surface area contributed by atoms with Crippen molar-refractivity contribution in [1.29, 1.82) is 0 Å². The van der Waals surface area contributed by atoms with E-state index in [1.807, 2.05) is 0 Å². The molecule has 0 amide bonds. The van der Waals surface area contributed by atoms with Gasteiger partial charge in [0.1, 0.15) is 13.1 Å². The lowest BCUT2D eigenvalue weighted by Gasteiger charge is -2.45. The van der Waals surface area contributed by atoms with Crippen LogP contribution in [0, 0.1) is 0 Å². The molecule has 0 aliphatic carbocycles. The standard InChI is InChI=1S/C26H58N2.C10H23N.C2H4/c1-7-13-19-27(20-14-8-2,21-15-9-3)25-26-28(22-16-10-4,23-17-11-5)24-18-12-6;1-4-7-9-11(6-3)10-8-5-2;1-2/h7-26H2,1-6H3;4-10H2,1-3H3;1-2H2/q+2;;. The van der Waals surface area contributed by atoms with Gasteiger partial charge in [-0.25, -0.2) is 0 Å². The van der Waals surface area contributed by atoms with Gasteiger partial charge in [-0.2, -0.15) is 0 Å². The third-order valence-corrected chi connectivity index (χ3v) is 9.07. The smallest absolute Gasteiger partial charge is 0.128 e. The van der Waals surface area contributed by atoms with Crippen LogP contribution in [-0.2, 0) is 0 Å². The highest BCUT2D eigenvalue weighted by atomic mass is 15.4. The summed E-state index contributed by atoms with van der Waals surface area (Å²) >= 11 is 0. The van der Waals surface area contributed by atoms with E-state index in [9.17, 15) is 0 Å². The lowest BCUT2D eigenvalue weighted by molar-refractivity contribution is -0.981. The molecule has 0 saturated carbocycles. The normalized spacial score (nSPS) is 11.7. The fourth-order valence-corrected chi connectivity index (χ4v) is 5.92. The van der Waals surface area contributed by atoms with Gasteiger partial charge >= 0.3 is 0 Å². The van der Waals surface area contributed by atoms with Crippen molar-refractivity contribution in [1.82, 2.24) is 4.90 Å². The second kappa shape index (κ2) is 34.1. The van der Waals surface area contributed by atoms with E-state index in [4.69, 9.17) is 0 Å². The third-order valence-electron chi connectivity index (χ3n) is 9.07. The van der Waals surface area contributed by atoms with E-state index in [0.29, 0.717) is 0 Å². The topological polar surface area (TPSA) is 3.24 Å². The molecule has 0 aromatic carbocycles. The van der Waals surface area contributed by atoms with Gasteiger partial charge in [0.25, 0.3) is 0 Å². The molecule has 0 atom stereocenters. The summed E-state index contributed by atoms with van der Waals surface area (Å²) in [6, 6.07) is 0. The van der Waals surface area contributed by atoms with Gasteiger partial charge in [0.15, 0.2) is 0 Å². The zero-order valence-electron chi connectivity index (χ0n) is 30.8. The molecule has 0 aliphatic rings. The molecule has 0 radical (unpaired) electrons. The maximum atomic E-state index is 3.00. The molecule has 0 saturated heterocycles. The van der Waals surface area contributed by atoms with Gasteiger partial charge in [0.05, 0.1) is 39.3 Å². The van der Waals surface area contributed by atoms with Crippen molar-refractivity contribution in [3.05, 3.63) is 13.2 Å². The van der Waals surface area contributed by atoms with E-state index in [1.54, 1.807) is 0 Å². The molecule has 0 spiro atoms. The van der Waals surface area contributed by atoms with Gasteiger partial charge in [0.2, 0.25) is 0 Å². The molecule has 3 heteroatoms. The quantitative estimate of drug-likeness (QED) is 0.0654. The Labute approximate surface area is 263 Å². The molecular formula is C38H85N3+2. The van der Waals surface area contributed by atoms with Crippen LogP contribution in [0.25, 0.3) is 0 Å². The third kappa shape index (κ3) is 25.8. The number of nitrogens with zero attached hydrogens (tertiary/aromatic N) is 3. The molecule has 0 heterocycles. The van der Waals surface area contributed by atoms with Crippen molar-refractivity contribution < 1.29 is 8.97 Å². The van der Waals surface area contributed by atoms with Gasteiger partial charge in [-0.05, 0) is 71.0 Å². The number of quaternary nitrogens is 2. The monoisotopic (exact) mass is 584 g/mol. The molecule has 0 aliphatic heterocycles. The minimum atomic E-state index is 1.22. The van der Waals surface area contributed by atoms with Crippen LogP contribution in [0.2, 0.25) is 0 Å². The number of unbranched alkanes of at least 4 members (excludes halogenated alkanes) is 8. The van der Waals surface area contributed by atoms with E-state index >= 15 is 0 Å². The van der Waals surface area contributed by atoms with Crippen molar-refractivity contribution in [2.75, 3.05) is 72.0 Å². The zero-order valence-corrected chi connectivity index (χ0v) is 30.8. The molecule has 0 N–H and O–H groups in total. The maximum Gasteiger partial charge on any atom is 0.128 e. The van der Waals surface area contributed by atoms with Crippen molar-refractivity contribution in [3.8, 4) is 0 Å². The summed E-state index contributed by atoms with van der Waals surface area (Å²) in [6.07, 6.45) is 21.9. The van der Waals surface area contributed by atoms with Gasteiger partial charge in [-0.15, -0.1) is 13.2 Å². The lowest BCUT2D eigenvalue weighted by atomic mass is 10.1. The van der Waals surface area contributed by atoms with Crippen LogP contribution in [-0.4, -0.2) is 85.9 Å². The Morgan fingerprint density at radius 1 is 0.341 bits per heavy atom. The van der Waals surface area contributed by atoms with E-state index < -0.39 is 0 Å². The summed E-state index contributed by atoms with van der Waals surface area (Å²) in [7, 11) is 0. The SMILES string of the molecule is C=C.CCCCN(CC)CCCC.CCCC[N+](CCCC)(CCCC)CC[N+](CCCC)(CCCC)CCCC. The summed E-state index contributed by atoms with van der Waals surface area (Å²) in [6.45, 7) is 42.2. The zero-order chi connectivity index (χ0) is 31.7. The Hall–Kier alpha value is -0.380. The summed E-state index contributed by atoms with van der Waals surface area (Å²) in [4.78, 5) is 2.55. The van der Waals surface area contributed by atoms with Gasteiger partial charge < -0.3 is 13.9 Å². The van der Waals surface area contributed by atoms with Crippen LogP contribution < -0.4 is 0 Å². The Bertz CT molecular complexity index is 395. The number of hydrogen-bond acceptors (Lipinski definition) is 1. The fraction of sp³-hybridized carbons (Fsp3) is 0.947. The van der Waals surface area contributed by atoms with Crippen LogP contribution in [0.15, 0.2) is 13.2 Å². The van der Waals surface area contributed by atoms with E-state index in [0.717, 1.165) is 0 Å². The van der Waals surface area contributed by atoms with Crippen molar-refractivity contribution >= 4 is 0 Å². The van der Waals surface area contributed by atoms with Crippen molar-refractivity contribution in [2.45, 2.75) is 165 Å². The maximum absolute atomic E-state index is 3.00. The van der Waals surface area contributed by atoms with Gasteiger partial charge in [0, 0.05) is 0 Å². The second-order valence-electron chi connectivity index (χ2n) is 12.7. The first-order valence-corrected chi connectivity index (χ1v) is 18.8. The fourth-order valence-electron chi connectivity index (χ4n) is 5.92. The molecular weight excluding hydrogens is 498 g/mol. The van der Waals surface area contributed by atoms with Gasteiger partial charge in [-0.1, -0.05) is 114 Å². The van der Waals surface area contributed by atoms with Crippen LogP contribution >= 0.6 is 0 Å². The Morgan fingerprint density at radius 2 is 0.561 bits per heavy atom. The van der Waals surface area contributed by atoms with E-state index in [-0.39, 0.29) is 0 Å². The molecule has 0 unspecified atom stereocenters. The molecule has 0 aromatic rings. The van der Waals surface area contributed by atoms with E-state index in [1.165, 1.54) is 184 Å². The average molecular weight is 584 g/mol. The first-order valence-electron chi connectivity index (χ1n) is 18.8. The van der Waals surface area contributed by atoms with Crippen LogP contribution in [0.3, 0.4) is 0 Å². The highest BCUT2D eigenvalue weighted by molar-refractivity contribution is 4.55. The predicted molar refractivity (Wildman–Crippen MR) is 192 cm³/mol. The molecule has 0 bridgehead atoms. The molecule has 0 aromatic heterocycles. The van der Waals surface area contributed by atoms with Crippen molar-refractivity contribution in [3.63, 3.8) is 0 Å². The van der Waals surface area contributed by atoms with Crippen LogP contribution in [0.1, 0.15) is 165 Å². The number of rotatable bonds is 28. The van der Waals surface area contributed by atoms with Gasteiger partial charge in [-0.3, -0.25) is 0 Å². The minimum Gasteiger partial charge on any atom is -0.319 e. The summed E-state index contributed by atoms with van der Waals surface area (Å²) in [5.74, 6) is 0. The molecule has 250 valence electrons. The Kier molecular flexibility index (Phi) is 37.5. The Morgan fingerprint density at radius 3 is 0.732 bits per heavy atom. The summed E-state index contributed by atoms with van der Waals surface area (Å²) < 4.78 is 2.83. The first-order chi connectivity index (χ1) is 19.9. The largest absolute Gasteiger partial charge is 0.319 e. The predicted octanol–water partition coefficient (Wildman–Crippen LogP) is 11.1. The minimum absolute atomic E-state index is 1.22.